The van der Waals surface area contributed by atoms with Gasteiger partial charge in [-0.05, 0) is 59.9 Å². The maximum Gasteiger partial charge on any atom is 0.347 e. The number of fused-ring (bicyclic) bond motifs is 1. The summed E-state index contributed by atoms with van der Waals surface area (Å²) in [5, 5.41) is 3.23. The van der Waals surface area contributed by atoms with Crippen LogP contribution in [0.1, 0.15) is 32.8 Å². The smallest absolute Gasteiger partial charge is 0.347 e. The van der Waals surface area contributed by atoms with Crippen molar-refractivity contribution in [2.45, 2.75) is 32.6 Å². The highest BCUT2D eigenvalue weighted by Gasteiger charge is 2.17. The van der Waals surface area contributed by atoms with E-state index in [9.17, 15) is 9.59 Å². The molecule has 0 spiro atoms. The van der Waals surface area contributed by atoms with E-state index < -0.39 is 5.63 Å². The summed E-state index contributed by atoms with van der Waals surface area (Å²) >= 11 is 0. The summed E-state index contributed by atoms with van der Waals surface area (Å²) in [5.74, 6) is 0.538. The lowest BCUT2D eigenvalue weighted by Crippen LogP contribution is -2.20. The van der Waals surface area contributed by atoms with E-state index in [1.54, 1.807) is 42.5 Å². The van der Waals surface area contributed by atoms with Crippen molar-refractivity contribution in [3.63, 3.8) is 0 Å². The van der Waals surface area contributed by atoms with Crippen LogP contribution in [0.3, 0.4) is 0 Å². The van der Waals surface area contributed by atoms with Crippen molar-refractivity contribution >= 4 is 22.5 Å². The first-order chi connectivity index (χ1) is 15.9. The van der Waals surface area contributed by atoms with E-state index in [0.717, 1.165) is 6.42 Å². The van der Waals surface area contributed by atoms with Crippen molar-refractivity contribution in [3.05, 3.63) is 88.8 Å². The number of anilines is 1. The monoisotopic (exact) mass is 442 g/mol. The van der Waals surface area contributed by atoms with Crippen LogP contribution in [-0.2, 0) is 10.2 Å². The van der Waals surface area contributed by atoms with Crippen molar-refractivity contribution in [3.8, 4) is 17.2 Å². The third-order valence-corrected chi connectivity index (χ3v) is 5.82. The summed E-state index contributed by atoms with van der Waals surface area (Å²) in [6, 6.07) is 21.8. The van der Waals surface area contributed by atoms with Crippen LogP contribution in [0.4, 0.5) is 5.69 Å². The molecule has 1 aromatic heterocycles. The molecule has 0 atom stereocenters. The number of para-hydroxylation sites is 1. The molecule has 4 rings (SSSR count). The summed E-state index contributed by atoms with van der Waals surface area (Å²) in [5.41, 5.74) is 2.57. The summed E-state index contributed by atoms with van der Waals surface area (Å²) in [4.78, 5) is 29.1. The molecule has 3 aromatic carbocycles. The number of nitrogens with zero attached hydrogens (tertiary/aromatic N) is 1. The molecule has 0 saturated heterocycles. The lowest BCUT2D eigenvalue weighted by molar-refractivity contribution is -0.118. The fraction of sp³-hybridized carbons (Fsp3) is 0.222. The molecule has 0 radical (unpaired) electrons. The summed E-state index contributed by atoms with van der Waals surface area (Å²) in [6.07, 6.45) is 1.03. The quantitative estimate of drug-likeness (QED) is 0.405. The lowest BCUT2D eigenvalue weighted by Gasteiger charge is -2.23. The van der Waals surface area contributed by atoms with Gasteiger partial charge in [-0.15, -0.1) is 0 Å². The minimum absolute atomic E-state index is 0.0972. The molecule has 6 nitrogen and oxygen atoms in total. The van der Waals surface area contributed by atoms with Crippen LogP contribution < -0.4 is 15.7 Å². The van der Waals surface area contributed by atoms with Crippen LogP contribution in [-0.4, -0.2) is 17.5 Å². The largest absolute Gasteiger partial charge is 0.484 e. The van der Waals surface area contributed by atoms with Gasteiger partial charge in [0.1, 0.15) is 5.75 Å². The average molecular weight is 443 g/mol. The van der Waals surface area contributed by atoms with Gasteiger partial charge in [0.15, 0.2) is 6.61 Å². The first-order valence-electron chi connectivity index (χ1n) is 10.9. The predicted molar refractivity (Wildman–Crippen MR) is 130 cm³/mol. The van der Waals surface area contributed by atoms with Crippen molar-refractivity contribution < 1.29 is 13.9 Å². The van der Waals surface area contributed by atoms with E-state index in [2.05, 4.69) is 31.1 Å². The molecule has 33 heavy (non-hydrogen) atoms. The number of rotatable bonds is 7. The van der Waals surface area contributed by atoms with Crippen LogP contribution in [0, 0.1) is 0 Å². The third-order valence-electron chi connectivity index (χ3n) is 5.82. The fourth-order valence-electron chi connectivity index (χ4n) is 3.42. The Labute approximate surface area is 192 Å². The maximum atomic E-state index is 12.4. The predicted octanol–water partition coefficient (Wildman–Crippen LogP) is 5.56. The SMILES string of the molecule is CCC(C)(C)c1ccc(OCC(=O)Nc2cccc(-c3nc4ccccc4c(=O)o3)c2)cc1. The minimum Gasteiger partial charge on any atom is -0.484 e. The van der Waals surface area contributed by atoms with Crippen LogP contribution in [0.5, 0.6) is 5.75 Å². The zero-order valence-corrected chi connectivity index (χ0v) is 18.9. The molecule has 1 amide bonds. The third kappa shape index (κ3) is 5.12. The number of carbonyl (C=O) groups is 1. The highest BCUT2D eigenvalue weighted by atomic mass is 16.5. The Hall–Kier alpha value is -3.93. The molecule has 1 heterocycles. The molecule has 0 aliphatic heterocycles. The zero-order chi connectivity index (χ0) is 23.4. The Kier molecular flexibility index (Phi) is 6.27. The van der Waals surface area contributed by atoms with Crippen LogP contribution in [0.2, 0.25) is 0 Å². The molecule has 0 aliphatic rings. The van der Waals surface area contributed by atoms with Crippen LogP contribution in [0.15, 0.2) is 82.0 Å². The number of aromatic nitrogens is 1. The number of amides is 1. The first kappa shape index (κ1) is 22.3. The normalized spacial score (nSPS) is 11.4. The van der Waals surface area contributed by atoms with Gasteiger partial charge in [0, 0.05) is 11.3 Å². The standard InChI is InChI=1S/C27H26N2O4/c1-4-27(2,3)19-12-14-21(15-13-19)32-17-24(30)28-20-9-7-8-18(16-20)25-29-23-11-6-5-10-22(23)26(31)33-25/h5-16H,4,17H2,1-3H3,(H,28,30). The Morgan fingerprint density at radius 2 is 1.79 bits per heavy atom. The van der Waals surface area contributed by atoms with Crippen LogP contribution in [0.25, 0.3) is 22.4 Å². The molecular formula is C27H26N2O4. The first-order valence-corrected chi connectivity index (χ1v) is 10.9. The van der Waals surface area contributed by atoms with Gasteiger partial charge >= 0.3 is 5.63 Å². The summed E-state index contributed by atoms with van der Waals surface area (Å²) in [6.45, 7) is 6.43. The molecule has 0 fully saturated rings. The molecule has 0 bridgehead atoms. The topological polar surface area (TPSA) is 81.4 Å². The van der Waals surface area contributed by atoms with Gasteiger partial charge in [-0.25, -0.2) is 9.78 Å². The molecule has 6 heteroatoms. The Bertz CT molecular complexity index is 1340. The van der Waals surface area contributed by atoms with Gasteiger partial charge in [-0.2, -0.15) is 0 Å². The van der Waals surface area contributed by atoms with Gasteiger partial charge in [0.25, 0.3) is 5.91 Å². The van der Waals surface area contributed by atoms with E-state index in [0.29, 0.717) is 27.9 Å². The van der Waals surface area contributed by atoms with Gasteiger partial charge in [0.05, 0.1) is 10.9 Å². The highest BCUT2D eigenvalue weighted by molar-refractivity contribution is 5.92. The molecule has 4 aromatic rings. The van der Waals surface area contributed by atoms with Crippen molar-refractivity contribution in [1.82, 2.24) is 4.98 Å². The Morgan fingerprint density at radius 3 is 2.55 bits per heavy atom. The van der Waals surface area contributed by atoms with Gasteiger partial charge in [-0.3, -0.25) is 4.79 Å². The number of carbonyl (C=O) groups excluding carboxylic acids is 1. The molecule has 168 valence electrons. The van der Waals surface area contributed by atoms with E-state index >= 15 is 0 Å². The van der Waals surface area contributed by atoms with Gasteiger partial charge in [-0.1, -0.05) is 51.1 Å². The van der Waals surface area contributed by atoms with E-state index in [1.165, 1.54) is 5.56 Å². The van der Waals surface area contributed by atoms with Crippen molar-refractivity contribution in [1.29, 1.82) is 0 Å². The molecule has 0 unspecified atom stereocenters. The molecule has 0 aliphatic carbocycles. The molecule has 0 saturated carbocycles. The van der Waals surface area contributed by atoms with E-state index in [4.69, 9.17) is 9.15 Å². The fourth-order valence-corrected chi connectivity index (χ4v) is 3.42. The Morgan fingerprint density at radius 1 is 1.03 bits per heavy atom. The number of nitrogens with one attached hydrogen (secondary N) is 1. The van der Waals surface area contributed by atoms with Gasteiger partial charge in [0.2, 0.25) is 5.89 Å². The Balaban J connectivity index is 1.42. The second kappa shape index (κ2) is 9.28. The summed E-state index contributed by atoms with van der Waals surface area (Å²) < 4.78 is 11.0. The van der Waals surface area contributed by atoms with Crippen molar-refractivity contribution in [2.75, 3.05) is 11.9 Å². The highest BCUT2D eigenvalue weighted by Crippen LogP contribution is 2.28. The summed E-state index contributed by atoms with van der Waals surface area (Å²) in [7, 11) is 0. The lowest BCUT2D eigenvalue weighted by atomic mass is 9.82. The van der Waals surface area contributed by atoms with Crippen molar-refractivity contribution in [2.24, 2.45) is 0 Å². The van der Waals surface area contributed by atoms with E-state index in [-0.39, 0.29) is 23.8 Å². The van der Waals surface area contributed by atoms with Gasteiger partial charge < -0.3 is 14.5 Å². The average Bonchev–Trinajstić information content (AvgIpc) is 2.83. The second-order valence-corrected chi connectivity index (χ2v) is 8.50. The number of hydrogen-bond donors (Lipinski definition) is 1. The van der Waals surface area contributed by atoms with Crippen LogP contribution >= 0.6 is 0 Å². The maximum absolute atomic E-state index is 12.4. The molecular weight excluding hydrogens is 416 g/mol. The molecule has 1 N–H and O–H groups in total. The number of benzene rings is 3. The van der Waals surface area contributed by atoms with E-state index in [1.807, 2.05) is 30.3 Å². The second-order valence-electron chi connectivity index (χ2n) is 8.50. The minimum atomic E-state index is -0.452. The number of ether oxygens (including phenoxy) is 1. The number of hydrogen-bond acceptors (Lipinski definition) is 5. The zero-order valence-electron chi connectivity index (χ0n) is 18.9.